The molecule has 4 heteroatoms. The van der Waals surface area contributed by atoms with E-state index in [9.17, 15) is 9.90 Å². The maximum atomic E-state index is 12.4. The first kappa shape index (κ1) is 15.4. The van der Waals surface area contributed by atoms with Crippen LogP contribution in [0.4, 0.5) is 0 Å². The molecule has 3 nitrogen and oxygen atoms in total. The SMILES string of the molecule is Cc1ccccc1SCC(=O)N1CCCC1C(C)(C)O. The largest absolute Gasteiger partial charge is 0.388 e. The van der Waals surface area contributed by atoms with Crippen LogP contribution in [0.2, 0.25) is 0 Å². The Morgan fingerprint density at radius 3 is 2.80 bits per heavy atom. The molecule has 1 fully saturated rings. The van der Waals surface area contributed by atoms with E-state index in [4.69, 9.17) is 0 Å². The van der Waals surface area contributed by atoms with Gasteiger partial charge in [-0.1, -0.05) is 18.2 Å². The van der Waals surface area contributed by atoms with Crippen molar-refractivity contribution in [3.8, 4) is 0 Å². The molecule has 2 rings (SSSR count). The van der Waals surface area contributed by atoms with Crippen LogP contribution in [0.5, 0.6) is 0 Å². The molecule has 0 bridgehead atoms. The van der Waals surface area contributed by atoms with Gasteiger partial charge in [0.15, 0.2) is 0 Å². The van der Waals surface area contributed by atoms with Crippen molar-refractivity contribution < 1.29 is 9.90 Å². The van der Waals surface area contributed by atoms with E-state index in [0.29, 0.717) is 5.75 Å². The first-order chi connectivity index (χ1) is 9.39. The number of amides is 1. The van der Waals surface area contributed by atoms with Crippen molar-refractivity contribution in [2.45, 2.75) is 50.2 Å². The lowest BCUT2D eigenvalue weighted by atomic mass is 9.97. The molecule has 0 saturated carbocycles. The predicted molar refractivity (Wildman–Crippen MR) is 82.9 cm³/mol. The molecule has 0 radical (unpaired) electrons. The fourth-order valence-electron chi connectivity index (χ4n) is 2.74. The molecule has 0 spiro atoms. The predicted octanol–water partition coefficient (Wildman–Crippen LogP) is 2.85. The second-order valence-corrected chi connectivity index (χ2v) is 6.97. The quantitative estimate of drug-likeness (QED) is 0.868. The number of rotatable bonds is 4. The molecule has 1 aliphatic rings. The van der Waals surface area contributed by atoms with Gasteiger partial charge in [-0.3, -0.25) is 4.79 Å². The number of aliphatic hydroxyl groups is 1. The zero-order valence-corrected chi connectivity index (χ0v) is 13.2. The number of hydrogen-bond acceptors (Lipinski definition) is 3. The molecule has 1 saturated heterocycles. The van der Waals surface area contributed by atoms with Crippen LogP contribution in [-0.4, -0.2) is 39.9 Å². The first-order valence-corrected chi connectivity index (χ1v) is 8.08. The van der Waals surface area contributed by atoms with Crippen molar-refractivity contribution in [1.82, 2.24) is 4.90 Å². The summed E-state index contributed by atoms with van der Waals surface area (Å²) in [5.74, 6) is 0.570. The van der Waals surface area contributed by atoms with E-state index in [1.807, 2.05) is 23.1 Å². The van der Waals surface area contributed by atoms with Crippen LogP contribution in [0, 0.1) is 6.92 Å². The fourth-order valence-corrected chi connectivity index (χ4v) is 3.66. The monoisotopic (exact) mass is 293 g/mol. The third-order valence-electron chi connectivity index (χ3n) is 3.83. The molecule has 1 aromatic carbocycles. The van der Waals surface area contributed by atoms with Gasteiger partial charge in [-0.2, -0.15) is 0 Å². The molecule has 1 amide bonds. The number of thioether (sulfide) groups is 1. The number of carbonyl (C=O) groups is 1. The minimum Gasteiger partial charge on any atom is -0.388 e. The zero-order valence-electron chi connectivity index (χ0n) is 12.4. The molecular weight excluding hydrogens is 270 g/mol. The van der Waals surface area contributed by atoms with Crippen LogP contribution in [0.1, 0.15) is 32.3 Å². The van der Waals surface area contributed by atoms with Crippen molar-refractivity contribution in [2.24, 2.45) is 0 Å². The highest BCUT2D eigenvalue weighted by Gasteiger charge is 2.38. The van der Waals surface area contributed by atoms with Crippen LogP contribution >= 0.6 is 11.8 Å². The van der Waals surface area contributed by atoms with Gasteiger partial charge in [-0.15, -0.1) is 11.8 Å². The molecule has 0 aromatic heterocycles. The maximum Gasteiger partial charge on any atom is 0.233 e. The number of nitrogens with zero attached hydrogens (tertiary/aromatic N) is 1. The molecule has 1 aliphatic heterocycles. The van der Waals surface area contributed by atoms with Gasteiger partial charge in [-0.05, 0) is 45.2 Å². The van der Waals surface area contributed by atoms with Crippen LogP contribution in [0.15, 0.2) is 29.2 Å². The topological polar surface area (TPSA) is 40.5 Å². The molecule has 110 valence electrons. The first-order valence-electron chi connectivity index (χ1n) is 7.10. The number of carbonyl (C=O) groups excluding carboxylic acids is 1. The fraction of sp³-hybridized carbons (Fsp3) is 0.562. The summed E-state index contributed by atoms with van der Waals surface area (Å²) in [7, 11) is 0. The van der Waals surface area contributed by atoms with E-state index in [-0.39, 0.29) is 11.9 Å². The maximum absolute atomic E-state index is 12.4. The van der Waals surface area contributed by atoms with Gasteiger partial charge in [-0.25, -0.2) is 0 Å². The third kappa shape index (κ3) is 3.55. The molecule has 1 N–H and O–H groups in total. The smallest absolute Gasteiger partial charge is 0.233 e. The van der Waals surface area contributed by atoms with Gasteiger partial charge < -0.3 is 10.0 Å². The van der Waals surface area contributed by atoms with E-state index in [1.165, 1.54) is 5.56 Å². The van der Waals surface area contributed by atoms with Gasteiger partial charge in [0.1, 0.15) is 0 Å². The third-order valence-corrected chi connectivity index (χ3v) is 4.99. The number of aryl methyl sites for hydroxylation is 1. The summed E-state index contributed by atoms with van der Waals surface area (Å²) in [4.78, 5) is 15.4. The normalized spacial score (nSPS) is 19.4. The van der Waals surface area contributed by atoms with Gasteiger partial charge in [0, 0.05) is 11.4 Å². The lowest BCUT2D eigenvalue weighted by Crippen LogP contribution is -2.48. The number of benzene rings is 1. The Hall–Kier alpha value is -1.00. The summed E-state index contributed by atoms with van der Waals surface area (Å²) in [5.41, 5.74) is 0.380. The highest BCUT2D eigenvalue weighted by molar-refractivity contribution is 8.00. The molecule has 0 aliphatic carbocycles. The van der Waals surface area contributed by atoms with Crippen molar-refractivity contribution >= 4 is 17.7 Å². The summed E-state index contributed by atoms with van der Waals surface area (Å²) in [6.45, 7) is 6.40. The van der Waals surface area contributed by atoms with Crippen LogP contribution in [0.25, 0.3) is 0 Å². The molecule has 1 aromatic rings. The van der Waals surface area contributed by atoms with Gasteiger partial charge >= 0.3 is 0 Å². The second kappa shape index (κ2) is 6.19. The highest BCUT2D eigenvalue weighted by atomic mass is 32.2. The Balaban J connectivity index is 1.97. The Kier molecular flexibility index (Phi) is 4.76. The van der Waals surface area contributed by atoms with Crippen molar-refractivity contribution in [3.05, 3.63) is 29.8 Å². The van der Waals surface area contributed by atoms with Gasteiger partial charge in [0.25, 0.3) is 0 Å². The highest BCUT2D eigenvalue weighted by Crippen LogP contribution is 2.29. The summed E-state index contributed by atoms with van der Waals surface area (Å²) in [6.07, 6.45) is 1.87. The lowest BCUT2D eigenvalue weighted by molar-refractivity contribution is -0.133. The molecule has 1 heterocycles. The Morgan fingerprint density at radius 2 is 2.15 bits per heavy atom. The van der Waals surface area contributed by atoms with Gasteiger partial charge in [0.05, 0.1) is 17.4 Å². The van der Waals surface area contributed by atoms with Crippen LogP contribution in [-0.2, 0) is 4.79 Å². The summed E-state index contributed by atoms with van der Waals surface area (Å²) >= 11 is 1.58. The Morgan fingerprint density at radius 1 is 1.45 bits per heavy atom. The standard InChI is InChI=1S/C16H23NO2S/c1-12-7-4-5-8-13(12)20-11-15(18)17-10-6-9-14(17)16(2,3)19/h4-5,7-8,14,19H,6,9-11H2,1-3H3. The molecular formula is C16H23NO2S. The summed E-state index contributed by atoms with van der Waals surface area (Å²) in [6, 6.07) is 8.06. The van der Waals surface area contributed by atoms with E-state index in [0.717, 1.165) is 24.3 Å². The Bertz CT molecular complexity index is 482. The van der Waals surface area contributed by atoms with Crippen LogP contribution in [0.3, 0.4) is 0 Å². The van der Waals surface area contributed by atoms with E-state index < -0.39 is 5.60 Å². The lowest BCUT2D eigenvalue weighted by Gasteiger charge is -2.33. The second-order valence-electron chi connectivity index (χ2n) is 5.95. The number of hydrogen-bond donors (Lipinski definition) is 1. The average molecular weight is 293 g/mol. The zero-order chi connectivity index (χ0) is 14.8. The van der Waals surface area contributed by atoms with Crippen molar-refractivity contribution in [3.63, 3.8) is 0 Å². The molecule has 1 unspecified atom stereocenters. The van der Waals surface area contributed by atoms with Crippen LogP contribution < -0.4 is 0 Å². The molecule has 20 heavy (non-hydrogen) atoms. The average Bonchev–Trinajstić information content (AvgIpc) is 2.86. The van der Waals surface area contributed by atoms with Crippen molar-refractivity contribution in [1.29, 1.82) is 0 Å². The van der Waals surface area contributed by atoms with E-state index in [2.05, 4.69) is 13.0 Å². The van der Waals surface area contributed by atoms with Crippen molar-refractivity contribution in [2.75, 3.05) is 12.3 Å². The van der Waals surface area contributed by atoms with E-state index >= 15 is 0 Å². The summed E-state index contributed by atoms with van der Waals surface area (Å²) < 4.78 is 0. The minimum absolute atomic E-state index is 0.0486. The van der Waals surface area contributed by atoms with E-state index in [1.54, 1.807) is 25.6 Å². The minimum atomic E-state index is -0.820. The van der Waals surface area contributed by atoms with Gasteiger partial charge in [0.2, 0.25) is 5.91 Å². The summed E-state index contributed by atoms with van der Waals surface area (Å²) in [5, 5.41) is 10.2. The molecule has 1 atom stereocenters. The number of likely N-dealkylation sites (tertiary alicyclic amines) is 1. The Labute approximate surface area is 125 Å².